The molecule has 1 saturated heterocycles. The number of unbranched alkanes of at least 4 members (excludes halogenated alkanes) is 1. The predicted molar refractivity (Wildman–Crippen MR) is 126 cm³/mol. The molecule has 1 aromatic carbocycles. The molecule has 166 valence electrons. The molecule has 0 saturated carbocycles. The van der Waals surface area contributed by atoms with E-state index in [0.29, 0.717) is 28.4 Å². The van der Waals surface area contributed by atoms with E-state index in [0.717, 1.165) is 29.5 Å². The number of aryl methyl sites for hydroxylation is 2. The number of thiazole rings is 1. The Hall–Kier alpha value is -1.81. The molecule has 9 heteroatoms. The summed E-state index contributed by atoms with van der Waals surface area (Å²) in [6.45, 7) is 2.82. The van der Waals surface area contributed by atoms with Crippen molar-refractivity contribution in [1.82, 2.24) is 8.87 Å². The molecule has 0 radical (unpaired) electrons. The molecule has 1 atom stereocenters. The molecule has 4 rings (SSSR count). The molecule has 6 nitrogen and oxygen atoms in total. The van der Waals surface area contributed by atoms with E-state index in [1.165, 1.54) is 32.5 Å². The summed E-state index contributed by atoms with van der Waals surface area (Å²) >= 11 is 2.72. The highest BCUT2D eigenvalue weighted by molar-refractivity contribution is 7.91. The molecule has 0 spiro atoms. The Kier molecular flexibility index (Phi) is 6.76. The smallest absolute Gasteiger partial charge is 0.252 e. The summed E-state index contributed by atoms with van der Waals surface area (Å²) in [7, 11) is -1.62. The SMILES string of the molecule is CCCCc1ccc2c(c1)sc(=NC(=O)C1CCCN(S(=O)(=O)c3cccs3)C1)n2C. The molecular weight excluding hydrogens is 450 g/mol. The first-order chi connectivity index (χ1) is 14.9. The molecule has 3 aromatic rings. The number of carbonyl (C=O) groups is 1. The van der Waals surface area contributed by atoms with Gasteiger partial charge in [0.1, 0.15) is 4.21 Å². The van der Waals surface area contributed by atoms with Gasteiger partial charge in [-0.3, -0.25) is 4.79 Å². The van der Waals surface area contributed by atoms with Crippen LogP contribution in [0.25, 0.3) is 10.2 Å². The summed E-state index contributed by atoms with van der Waals surface area (Å²) in [6.07, 6.45) is 4.69. The Bertz CT molecular complexity index is 1240. The van der Waals surface area contributed by atoms with E-state index in [-0.39, 0.29) is 12.5 Å². The third-order valence-corrected chi connectivity index (χ3v) is 10.1. The lowest BCUT2D eigenvalue weighted by Gasteiger charge is -2.29. The zero-order valence-corrected chi connectivity index (χ0v) is 20.2. The van der Waals surface area contributed by atoms with Gasteiger partial charge in [0.25, 0.3) is 15.9 Å². The largest absolute Gasteiger partial charge is 0.319 e. The van der Waals surface area contributed by atoms with E-state index in [9.17, 15) is 13.2 Å². The number of hydrogen-bond donors (Lipinski definition) is 0. The van der Waals surface area contributed by atoms with Gasteiger partial charge in [-0.15, -0.1) is 11.3 Å². The summed E-state index contributed by atoms with van der Waals surface area (Å²) < 4.78 is 30.5. The van der Waals surface area contributed by atoms with Gasteiger partial charge in [0.2, 0.25) is 0 Å². The second-order valence-electron chi connectivity index (χ2n) is 7.93. The summed E-state index contributed by atoms with van der Waals surface area (Å²) in [4.78, 5) is 18.0. The second-order valence-corrected chi connectivity index (χ2v) is 12.1. The maximum Gasteiger partial charge on any atom is 0.252 e. The Labute approximate surface area is 190 Å². The minimum absolute atomic E-state index is 0.193. The minimum atomic E-state index is -3.54. The Balaban J connectivity index is 1.56. The van der Waals surface area contributed by atoms with Gasteiger partial charge in [-0.25, -0.2) is 8.42 Å². The van der Waals surface area contributed by atoms with E-state index >= 15 is 0 Å². The highest BCUT2D eigenvalue weighted by Gasteiger charge is 2.33. The number of sulfonamides is 1. The molecule has 1 fully saturated rings. The number of hydrogen-bond acceptors (Lipinski definition) is 5. The number of piperidine rings is 1. The molecule has 1 aliphatic heterocycles. The van der Waals surface area contributed by atoms with E-state index in [2.05, 4.69) is 30.1 Å². The number of fused-ring (bicyclic) bond motifs is 1. The quantitative estimate of drug-likeness (QED) is 0.535. The van der Waals surface area contributed by atoms with Crippen LogP contribution in [-0.4, -0.2) is 36.3 Å². The zero-order chi connectivity index (χ0) is 22.0. The van der Waals surface area contributed by atoms with Gasteiger partial charge in [0.15, 0.2) is 4.80 Å². The molecule has 1 unspecified atom stereocenters. The van der Waals surface area contributed by atoms with E-state index in [4.69, 9.17) is 0 Å². The standard InChI is InChI=1S/C22H27N3O3S3/c1-3-4-7-16-10-11-18-19(14-16)30-22(24(18)2)23-21(26)17-8-5-12-25(15-17)31(27,28)20-9-6-13-29-20/h6,9-11,13-14,17H,3-5,7-8,12,15H2,1-2H3. The maximum absolute atomic E-state index is 13.0. The van der Waals surface area contributed by atoms with Crippen LogP contribution >= 0.6 is 22.7 Å². The number of carbonyl (C=O) groups excluding carboxylic acids is 1. The van der Waals surface area contributed by atoms with Gasteiger partial charge in [-0.05, 0) is 54.8 Å². The summed E-state index contributed by atoms with van der Waals surface area (Å²) in [5.74, 6) is -0.645. The average Bonchev–Trinajstić information content (AvgIpc) is 3.42. The summed E-state index contributed by atoms with van der Waals surface area (Å²) in [6, 6.07) is 9.77. The topological polar surface area (TPSA) is 71.7 Å². The molecule has 2 aromatic heterocycles. The Morgan fingerprint density at radius 1 is 1.29 bits per heavy atom. The normalized spacial score (nSPS) is 18.6. The van der Waals surface area contributed by atoms with E-state index in [1.54, 1.807) is 17.5 Å². The van der Waals surface area contributed by atoms with Gasteiger partial charge in [-0.2, -0.15) is 9.30 Å². The molecule has 3 heterocycles. The zero-order valence-electron chi connectivity index (χ0n) is 17.8. The highest BCUT2D eigenvalue weighted by atomic mass is 32.2. The van der Waals surface area contributed by atoms with Crippen LogP contribution in [0.3, 0.4) is 0 Å². The third-order valence-electron chi connectivity index (χ3n) is 5.72. The van der Waals surface area contributed by atoms with Crippen molar-refractivity contribution in [1.29, 1.82) is 0 Å². The number of rotatable bonds is 6. The monoisotopic (exact) mass is 477 g/mol. The van der Waals surface area contributed by atoms with Crippen LogP contribution in [0, 0.1) is 5.92 Å². The number of benzene rings is 1. The van der Waals surface area contributed by atoms with E-state index in [1.807, 2.05) is 11.6 Å². The van der Waals surface area contributed by atoms with Crippen LogP contribution in [0.1, 0.15) is 38.2 Å². The number of amides is 1. The summed E-state index contributed by atoms with van der Waals surface area (Å²) in [5, 5.41) is 1.75. The van der Waals surface area contributed by atoms with Crippen LogP contribution in [-0.2, 0) is 28.3 Å². The highest BCUT2D eigenvalue weighted by Crippen LogP contribution is 2.27. The molecule has 1 aliphatic rings. The van der Waals surface area contributed by atoms with E-state index < -0.39 is 15.9 Å². The minimum Gasteiger partial charge on any atom is -0.319 e. The molecule has 0 bridgehead atoms. The fourth-order valence-corrected chi connectivity index (χ4v) is 7.66. The van der Waals surface area contributed by atoms with Crippen LogP contribution in [0.2, 0.25) is 0 Å². The van der Waals surface area contributed by atoms with Crippen LogP contribution in [0.5, 0.6) is 0 Å². The predicted octanol–water partition coefficient (Wildman–Crippen LogP) is 4.17. The lowest BCUT2D eigenvalue weighted by Crippen LogP contribution is -2.42. The van der Waals surface area contributed by atoms with Gasteiger partial charge in [0.05, 0.1) is 16.1 Å². The molecular formula is C22H27N3O3S3. The number of thiophene rings is 1. The first kappa shape index (κ1) is 22.4. The van der Waals surface area contributed by atoms with Gasteiger partial charge in [-0.1, -0.05) is 36.8 Å². The lowest BCUT2D eigenvalue weighted by atomic mass is 9.99. The fourth-order valence-electron chi connectivity index (χ4n) is 3.91. The summed E-state index contributed by atoms with van der Waals surface area (Å²) in [5.41, 5.74) is 2.36. The second kappa shape index (κ2) is 9.36. The van der Waals surface area contributed by atoms with Gasteiger partial charge >= 0.3 is 0 Å². The molecule has 0 N–H and O–H groups in total. The van der Waals surface area contributed by atoms with Crippen molar-refractivity contribution in [3.8, 4) is 0 Å². The number of aromatic nitrogens is 1. The average molecular weight is 478 g/mol. The Morgan fingerprint density at radius 3 is 2.87 bits per heavy atom. The van der Waals surface area contributed by atoms with Crippen molar-refractivity contribution in [2.24, 2.45) is 18.0 Å². The van der Waals surface area contributed by atoms with Crippen LogP contribution < -0.4 is 4.80 Å². The van der Waals surface area contributed by atoms with Gasteiger partial charge in [0, 0.05) is 20.1 Å². The van der Waals surface area contributed by atoms with Crippen LogP contribution in [0.4, 0.5) is 0 Å². The Morgan fingerprint density at radius 2 is 2.13 bits per heavy atom. The van der Waals surface area contributed by atoms with Crippen LogP contribution in [0.15, 0.2) is 44.9 Å². The van der Waals surface area contributed by atoms with Crippen molar-refractivity contribution in [2.75, 3.05) is 13.1 Å². The van der Waals surface area contributed by atoms with Crippen molar-refractivity contribution in [3.63, 3.8) is 0 Å². The van der Waals surface area contributed by atoms with Crippen molar-refractivity contribution in [3.05, 3.63) is 46.1 Å². The molecule has 31 heavy (non-hydrogen) atoms. The molecule has 0 aliphatic carbocycles. The van der Waals surface area contributed by atoms with Gasteiger partial charge < -0.3 is 4.57 Å². The first-order valence-electron chi connectivity index (χ1n) is 10.6. The van der Waals surface area contributed by atoms with Crippen molar-refractivity contribution >= 4 is 48.8 Å². The number of nitrogens with zero attached hydrogens (tertiary/aromatic N) is 3. The fraction of sp³-hybridized carbons (Fsp3) is 0.455. The lowest BCUT2D eigenvalue weighted by molar-refractivity contribution is -0.122. The first-order valence-corrected chi connectivity index (χ1v) is 13.7. The molecule has 1 amide bonds. The third kappa shape index (κ3) is 4.69. The maximum atomic E-state index is 13.0. The van der Waals surface area contributed by atoms with Crippen molar-refractivity contribution < 1.29 is 13.2 Å². The van der Waals surface area contributed by atoms with Crippen molar-refractivity contribution in [2.45, 2.75) is 43.2 Å².